The summed E-state index contributed by atoms with van der Waals surface area (Å²) in [5, 5.41) is 14.5. The average molecular weight is 571 g/mol. The molecule has 0 amide bonds. The van der Waals surface area contributed by atoms with Gasteiger partial charge in [0.15, 0.2) is 0 Å². The Morgan fingerprint density at radius 1 is 0.974 bits per heavy atom. The van der Waals surface area contributed by atoms with Gasteiger partial charge < -0.3 is 20.1 Å². The van der Waals surface area contributed by atoms with Crippen molar-refractivity contribution in [2.45, 2.75) is 31.5 Å². The van der Waals surface area contributed by atoms with Gasteiger partial charge in [-0.25, -0.2) is 0 Å². The van der Waals surface area contributed by atoms with E-state index in [0.29, 0.717) is 23.1 Å². The number of carbonyl (C=O) groups excluding carboxylic acids is 1. The predicted octanol–water partition coefficient (Wildman–Crippen LogP) is 0.183. The molecule has 2 aliphatic heterocycles. The molecule has 0 spiro atoms. The smallest absolute Gasteiger partial charge is 0.550 e. The summed E-state index contributed by atoms with van der Waals surface area (Å²) >= 11 is 10.7. The van der Waals surface area contributed by atoms with Gasteiger partial charge in [-0.1, -0.05) is 73.0 Å². The number of nitrogens with zero attached hydrogens (tertiary/aromatic N) is 1. The first-order valence-electron chi connectivity index (χ1n) is 11.8. The molecule has 38 heavy (non-hydrogen) atoms. The summed E-state index contributed by atoms with van der Waals surface area (Å²) < 4.78 is 0. The Morgan fingerprint density at radius 2 is 1.74 bits per heavy atom. The topological polar surface area (TPSA) is 101 Å². The molecule has 1 radical (unpaired) electrons. The number of hydrogen-bond donors (Lipinski definition) is 4. The van der Waals surface area contributed by atoms with Gasteiger partial charge >= 0.3 is 51.4 Å². The minimum Gasteiger partial charge on any atom is -0.550 e. The average Bonchev–Trinajstić information content (AvgIpc) is 3.22. The van der Waals surface area contributed by atoms with Gasteiger partial charge in [0.05, 0.1) is 42.2 Å². The van der Waals surface area contributed by atoms with Gasteiger partial charge in [-0.05, 0) is 41.0 Å². The third kappa shape index (κ3) is 7.10. The first-order chi connectivity index (χ1) is 18.0. The number of rotatable bonds is 9. The number of benzene rings is 3. The largest absolute Gasteiger partial charge is 1.00 e. The van der Waals surface area contributed by atoms with E-state index in [0.717, 1.165) is 33.8 Å². The van der Waals surface area contributed by atoms with Crippen LogP contribution in [-0.4, -0.2) is 22.0 Å². The van der Waals surface area contributed by atoms with E-state index >= 15 is 0 Å². The quantitative estimate of drug-likeness (QED) is 0.162. The van der Waals surface area contributed by atoms with E-state index in [2.05, 4.69) is 26.5 Å². The van der Waals surface area contributed by atoms with Crippen LogP contribution in [0.15, 0.2) is 72.8 Å². The van der Waals surface area contributed by atoms with Crippen LogP contribution in [0.3, 0.4) is 0 Å². The number of carboxylic acid groups (broad SMARTS) is 1. The van der Waals surface area contributed by atoms with E-state index < -0.39 is 5.97 Å². The van der Waals surface area contributed by atoms with Gasteiger partial charge in [-0.3, -0.25) is 21.2 Å². The summed E-state index contributed by atoms with van der Waals surface area (Å²) in [5.41, 5.74) is 14.5. The first kappa shape index (κ1) is 28.9. The Morgan fingerprint density at radius 3 is 2.47 bits per heavy atom. The van der Waals surface area contributed by atoms with Crippen molar-refractivity contribution in [1.82, 2.24) is 10.9 Å². The predicted molar refractivity (Wildman–Crippen MR) is 149 cm³/mol. The zero-order valence-corrected chi connectivity index (χ0v) is 25.5. The number of carboxylic acids is 1. The van der Waals surface area contributed by atoms with Crippen LogP contribution < -0.4 is 83.0 Å². The monoisotopic (exact) mass is 570 g/mol. The summed E-state index contributed by atoms with van der Waals surface area (Å²) in [6.45, 7) is 2.84. The zero-order valence-electron chi connectivity index (χ0n) is 20.8. The molecule has 0 bridgehead atoms. The Bertz CT molecular complexity index is 1310. The molecule has 0 aromatic heterocycles. The Balaban J connectivity index is 0.00000336. The molecule has 3 aromatic rings. The minimum absolute atomic E-state index is 0. The third-order valence-corrected chi connectivity index (χ3v) is 6.81. The summed E-state index contributed by atoms with van der Waals surface area (Å²) in [6, 6.07) is 23.4. The zero-order chi connectivity index (χ0) is 25.8. The van der Waals surface area contributed by atoms with Crippen LogP contribution in [0.2, 0.25) is 0 Å². The van der Waals surface area contributed by atoms with E-state index in [-0.39, 0.29) is 69.8 Å². The number of aliphatic carboxylic acids is 1. The fourth-order valence-electron chi connectivity index (χ4n) is 4.44. The van der Waals surface area contributed by atoms with Gasteiger partial charge in [0.25, 0.3) is 0 Å². The SMILES string of the molecule is O=C([O-])CC1[CH]N(Cc2ccccc2)c2cc(CONc3cccc(C4C(=S)NNC4=S)c3)ccc2N1.[K+]. The number of anilines is 3. The van der Waals surface area contributed by atoms with Crippen LogP contribution in [0.25, 0.3) is 0 Å². The third-order valence-electron chi connectivity index (χ3n) is 6.14. The standard InChI is InChI=1S/C27H26N5O3S2.K/c33-24(34)13-21-15-32(14-17-5-2-1-3-6-17)23-11-18(9-10-22(23)28-21)16-35-31-20-8-4-7-19(12-20)25-26(36)29-30-27(25)37;/h1-12,15,21,25,28,31H,13-14,16H2,(H,29,36)(H,30,37)(H,33,34);/q;+1/p-1. The van der Waals surface area contributed by atoms with Crippen molar-refractivity contribution in [1.29, 1.82) is 0 Å². The summed E-state index contributed by atoms with van der Waals surface area (Å²) in [7, 11) is 0. The summed E-state index contributed by atoms with van der Waals surface area (Å²) in [5.74, 6) is -1.26. The molecule has 0 aliphatic carbocycles. The number of hydrogen-bond acceptors (Lipinski definition) is 8. The molecule has 11 heteroatoms. The van der Waals surface area contributed by atoms with Gasteiger partial charge in [-0.15, -0.1) is 0 Å². The van der Waals surface area contributed by atoms with Crippen molar-refractivity contribution >= 4 is 57.4 Å². The molecular weight excluding hydrogens is 546 g/mol. The van der Waals surface area contributed by atoms with E-state index in [1.54, 1.807) is 0 Å². The number of nitrogens with one attached hydrogen (secondary N) is 4. The maximum Gasteiger partial charge on any atom is 1.00 e. The molecular formula is C27H25KN5O3S2. The number of thiocarbonyl (C=S) groups is 2. The second-order valence-corrected chi connectivity index (χ2v) is 9.75. The van der Waals surface area contributed by atoms with Gasteiger partial charge in [0, 0.05) is 18.9 Å². The van der Waals surface area contributed by atoms with Crippen molar-refractivity contribution in [2.24, 2.45) is 0 Å². The molecule has 2 aliphatic rings. The van der Waals surface area contributed by atoms with E-state index in [4.69, 9.17) is 29.3 Å². The van der Waals surface area contributed by atoms with Crippen molar-refractivity contribution in [2.75, 3.05) is 15.7 Å². The Hall–Kier alpha value is -2.09. The molecule has 5 rings (SSSR count). The van der Waals surface area contributed by atoms with Crippen molar-refractivity contribution in [3.63, 3.8) is 0 Å². The van der Waals surface area contributed by atoms with Gasteiger partial charge in [0.2, 0.25) is 0 Å². The van der Waals surface area contributed by atoms with E-state index in [9.17, 15) is 9.90 Å². The number of hydrazine groups is 1. The fourth-order valence-corrected chi connectivity index (χ4v) is 5.12. The molecule has 1 atom stereocenters. The molecule has 4 N–H and O–H groups in total. The fraction of sp³-hybridized carbons (Fsp3) is 0.185. The van der Waals surface area contributed by atoms with Gasteiger partial charge in [0.1, 0.15) is 9.98 Å². The molecule has 8 nitrogen and oxygen atoms in total. The van der Waals surface area contributed by atoms with E-state index in [1.807, 2.05) is 79.3 Å². The molecule has 2 heterocycles. The van der Waals surface area contributed by atoms with E-state index in [1.165, 1.54) is 0 Å². The summed E-state index contributed by atoms with van der Waals surface area (Å²) in [4.78, 5) is 20.4. The second-order valence-electron chi connectivity index (χ2n) is 8.87. The Kier molecular flexibility index (Phi) is 10.1. The van der Waals surface area contributed by atoms with Crippen molar-refractivity contribution < 1.29 is 66.1 Å². The molecule has 189 valence electrons. The maximum atomic E-state index is 11.2. The second kappa shape index (κ2) is 13.3. The molecule has 1 saturated heterocycles. The van der Waals surface area contributed by atoms with Crippen LogP contribution in [0.4, 0.5) is 17.1 Å². The first-order valence-corrected chi connectivity index (χ1v) is 12.6. The van der Waals surface area contributed by atoms with Crippen molar-refractivity contribution in [3.05, 3.63) is 96.0 Å². The molecule has 3 aromatic carbocycles. The van der Waals surface area contributed by atoms with Crippen LogP contribution in [0.5, 0.6) is 0 Å². The number of carbonyl (C=O) groups is 1. The van der Waals surface area contributed by atoms with Crippen LogP contribution in [0, 0.1) is 6.54 Å². The van der Waals surface area contributed by atoms with Gasteiger partial charge in [-0.2, -0.15) is 0 Å². The summed E-state index contributed by atoms with van der Waals surface area (Å²) in [6.07, 6.45) is -0.110. The van der Waals surface area contributed by atoms with Crippen LogP contribution in [0.1, 0.15) is 29.0 Å². The van der Waals surface area contributed by atoms with Crippen molar-refractivity contribution in [3.8, 4) is 0 Å². The Labute approximate surface area is 274 Å². The normalized spacial score (nSPS) is 16.5. The van der Waals surface area contributed by atoms with Crippen LogP contribution in [-0.2, 0) is 22.8 Å². The minimum atomic E-state index is -1.10. The molecule has 1 fully saturated rings. The molecule has 0 saturated carbocycles. The maximum absolute atomic E-state index is 11.2. The number of fused-ring (bicyclic) bond motifs is 1. The molecule has 1 unspecified atom stereocenters. The van der Waals surface area contributed by atoms with Crippen LogP contribution >= 0.6 is 24.4 Å².